The maximum atomic E-state index is 4.33. The lowest BCUT2D eigenvalue weighted by Gasteiger charge is -2.16. The van der Waals surface area contributed by atoms with E-state index in [-0.39, 0.29) is 0 Å². The molecule has 5 heteroatoms. The lowest BCUT2D eigenvalue weighted by Crippen LogP contribution is -2.13. The SMILES string of the molecule is CN(C)c1ncccc1NCc1cncs1. The first kappa shape index (κ1) is 10.9. The van der Waals surface area contributed by atoms with Crippen LogP contribution in [0, 0.1) is 0 Å². The van der Waals surface area contributed by atoms with Gasteiger partial charge in [0.25, 0.3) is 0 Å². The first-order valence-electron chi connectivity index (χ1n) is 5.01. The maximum Gasteiger partial charge on any atom is 0.151 e. The molecule has 0 atom stereocenters. The van der Waals surface area contributed by atoms with E-state index in [1.54, 1.807) is 17.5 Å². The standard InChI is InChI=1S/C11H14N4S/c1-15(2)11-10(4-3-5-13-11)14-7-9-6-12-8-16-9/h3-6,8,14H,7H2,1-2H3. The van der Waals surface area contributed by atoms with Crippen LogP contribution in [0.3, 0.4) is 0 Å². The highest BCUT2D eigenvalue weighted by molar-refractivity contribution is 7.09. The van der Waals surface area contributed by atoms with E-state index in [9.17, 15) is 0 Å². The summed E-state index contributed by atoms with van der Waals surface area (Å²) < 4.78 is 0. The summed E-state index contributed by atoms with van der Waals surface area (Å²) in [4.78, 5) is 11.6. The molecule has 2 rings (SSSR count). The number of pyridine rings is 1. The molecule has 2 aromatic heterocycles. The third-order valence-electron chi connectivity index (χ3n) is 2.15. The second kappa shape index (κ2) is 4.94. The number of nitrogens with one attached hydrogen (secondary N) is 1. The molecule has 0 aliphatic rings. The van der Waals surface area contributed by atoms with Crippen LogP contribution in [0.25, 0.3) is 0 Å². The predicted octanol–water partition coefficient (Wildman–Crippen LogP) is 2.22. The number of aromatic nitrogens is 2. The molecule has 0 aliphatic carbocycles. The zero-order valence-electron chi connectivity index (χ0n) is 9.34. The van der Waals surface area contributed by atoms with Gasteiger partial charge in [-0.1, -0.05) is 0 Å². The van der Waals surface area contributed by atoms with E-state index in [0.717, 1.165) is 18.1 Å². The van der Waals surface area contributed by atoms with Crippen molar-refractivity contribution in [3.63, 3.8) is 0 Å². The van der Waals surface area contributed by atoms with Crippen molar-refractivity contribution in [2.45, 2.75) is 6.54 Å². The molecule has 0 aliphatic heterocycles. The molecule has 0 saturated carbocycles. The van der Waals surface area contributed by atoms with Crippen LogP contribution < -0.4 is 10.2 Å². The summed E-state index contributed by atoms with van der Waals surface area (Å²) in [5.74, 6) is 0.951. The molecule has 2 heterocycles. The van der Waals surface area contributed by atoms with E-state index in [0.29, 0.717) is 0 Å². The summed E-state index contributed by atoms with van der Waals surface area (Å²) >= 11 is 1.65. The Morgan fingerprint density at radius 1 is 1.44 bits per heavy atom. The Balaban J connectivity index is 2.09. The van der Waals surface area contributed by atoms with Gasteiger partial charge in [0.1, 0.15) is 0 Å². The van der Waals surface area contributed by atoms with Gasteiger partial charge >= 0.3 is 0 Å². The maximum absolute atomic E-state index is 4.33. The average Bonchev–Trinajstić information content (AvgIpc) is 2.79. The van der Waals surface area contributed by atoms with Crippen molar-refractivity contribution in [1.82, 2.24) is 9.97 Å². The average molecular weight is 234 g/mol. The molecule has 0 aromatic carbocycles. The highest BCUT2D eigenvalue weighted by atomic mass is 32.1. The normalized spacial score (nSPS) is 10.1. The number of hydrogen-bond donors (Lipinski definition) is 1. The number of hydrogen-bond acceptors (Lipinski definition) is 5. The minimum Gasteiger partial charge on any atom is -0.377 e. The van der Waals surface area contributed by atoms with Crippen LogP contribution in [-0.4, -0.2) is 24.1 Å². The second-order valence-corrected chi connectivity index (χ2v) is 4.56. The molecule has 0 bridgehead atoms. The summed E-state index contributed by atoms with van der Waals surface area (Å²) in [5.41, 5.74) is 2.88. The predicted molar refractivity (Wildman–Crippen MR) is 68.0 cm³/mol. The minimum atomic E-state index is 0.789. The van der Waals surface area contributed by atoms with E-state index in [2.05, 4.69) is 15.3 Å². The Hall–Kier alpha value is -1.62. The summed E-state index contributed by atoms with van der Waals surface area (Å²) in [7, 11) is 3.97. The molecule has 0 radical (unpaired) electrons. The molecule has 16 heavy (non-hydrogen) atoms. The molecule has 84 valence electrons. The highest BCUT2D eigenvalue weighted by Gasteiger charge is 2.04. The third-order valence-corrected chi connectivity index (χ3v) is 2.93. The molecule has 0 spiro atoms. The monoisotopic (exact) mass is 234 g/mol. The Bertz CT molecular complexity index is 439. The van der Waals surface area contributed by atoms with Crippen molar-refractivity contribution in [1.29, 1.82) is 0 Å². The lowest BCUT2D eigenvalue weighted by atomic mass is 10.3. The molecular formula is C11H14N4S. The molecule has 0 amide bonds. The van der Waals surface area contributed by atoms with Gasteiger partial charge in [0.05, 0.1) is 17.7 Å². The van der Waals surface area contributed by atoms with Gasteiger partial charge in [-0.3, -0.25) is 4.98 Å². The molecule has 4 nitrogen and oxygen atoms in total. The Kier molecular flexibility index (Phi) is 3.36. The van der Waals surface area contributed by atoms with Gasteiger partial charge < -0.3 is 10.2 Å². The van der Waals surface area contributed by atoms with Crippen molar-refractivity contribution < 1.29 is 0 Å². The van der Waals surface area contributed by atoms with E-state index in [1.165, 1.54) is 4.88 Å². The summed E-state index contributed by atoms with van der Waals surface area (Å²) in [6.07, 6.45) is 3.68. The van der Waals surface area contributed by atoms with Crippen molar-refractivity contribution in [2.75, 3.05) is 24.3 Å². The van der Waals surface area contributed by atoms with Gasteiger partial charge in [-0.15, -0.1) is 11.3 Å². The van der Waals surface area contributed by atoms with Crippen molar-refractivity contribution in [3.8, 4) is 0 Å². The zero-order chi connectivity index (χ0) is 11.4. The van der Waals surface area contributed by atoms with Crippen molar-refractivity contribution in [3.05, 3.63) is 34.9 Å². The van der Waals surface area contributed by atoms with E-state index in [1.807, 2.05) is 42.8 Å². The van der Waals surface area contributed by atoms with Crippen LogP contribution in [-0.2, 0) is 6.54 Å². The molecule has 1 N–H and O–H groups in total. The Morgan fingerprint density at radius 3 is 3.00 bits per heavy atom. The Labute approximate surface area is 99.0 Å². The van der Waals surface area contributed by atoms with E-state index < -0.39 is 0 Å². The third kappa shape index (κ3) is 2.49. The van der Waals surface area contributed by atoms with Crippen molar-refractivity contribution in [2.24, 2.45) is 0 Å². The largest absolute Gasteiger partial charge is 0.377 e. The van der Waals surface area contributed by atoms with Gasteiger partial charge in [-0.05, 0) is 12.1 Å². The first-order chi connectivity index (χ1) is 7.77. The second-order valence-electron chi connectivity index (χ2n) is 3.59. The van der Waals surface area contributed by atoms with Gasteiger partial charge in [0.2, 0.25) is 0 Å². The summed E-state index contributed by atoms with van der Waals surface area (Å²) in [6, 6.07) is 3.96. The molecule has 0 saturated heterocycles. The van der Waals surface area contributed by atoms with Crippen LogP contribution in [0.15, 0.2) is 30.0 Å². The molecule has 0 fully saturated rings. The van der Waals surface area contributed by atoms with Crippen LogP contribution in [0.2, 0.25) is 0 Å². The highest BCUT2D eigenvalue weighted by Crippen LogP contribution is 2.21. The molecule has 2 aromatic rings. The minimum absolute atomic E-state index is 0.789. The van der Waals surface area contributed by atoms with Gasteiger partial charge in [-0.25, -0.2) is 4.98 Å². The van der Waals surface area contributed by atoms with Gasteiger partial charge in [-0.2, -0.15) is 0 Å². The van der Waals surface area contributed by atoms with Crippen LogP contribution in [0.4, 0.5) is 11.5 Å². The fourth-order valence-electron chi connectivity index (χ4n) is 1.40. The molecule has 0 unspecified atom stereocenters. The number of nitrogens with zero attached hydrogens (tertiary/aromatic N) is 3. The van der Waals surface area contributed by atoms with Crippen LogP contribution in [0.5, 0.6) is 0 Å². The van der Waals surface area contributed by atoms with Gasteiger partial charge in [0.15, 0.2) is 5.82 Å². The number of rotatable bonds is 4. The zero-order valence-corrected chi connectivity index (χ0v) is 10.2. The quantitative estimate of drug-likeness (QED) is 0.880. The molecular weight excluding hydrogens is 220 g/mol. The van der Waals surface area contributed by atoms with E-state index in [4.69, 9.17) is 0 Å². The topological polar surface area (TPSA) is 41.1 Å². The Morgan fingerprint density at radius 2 is 2.31 bits per heavy atom. The first-order valence-corrected chi connectivity index (χ1v) is 5.89. The summed E-state index contributed by atoms with van der Waals surface area (Å²) in [5, 5.41) is 3.36. The fourth-order valence-corrected chi connectivity index (χ4v) is 1.94. The van der Waals surface area contributed by atoms with Crippen LogP contribution >= 0.6 is 11.3 Å². The number of thiazole rings is 1. The lowest BCUT2D eigenvalue weighted by molar-refractivity contribution is 1.05. The smallest absolute Gasteiger partial charge is 0.151 e. The van der Waals surface area contributed by atoms with Gasteiger partial charge in [0, 0.05) is 31.4 Å². The summed E-state index contributed by atoms with van der Waals surface area (Å²) in [6.45, 7) is 0.789. The van der Waals surface area contributed by atoms with E-state index >= 15 is 0 Å². The van der Waals surface area contributed by atoms with Crippen molar-refractivity contribution >= 4 is 22.8 Å². The number of anilines is 2. The fraction of sp³-hybridized carbons (Fsp3) is 0.273. The van der Waals surface area contributed by atoms with Crippen LogP contribution in [0.1, 0.15) is 4.88 Å².